The first kappa shape index (κ1) is 13.5. The molecule has 3 N–H and O–H groups in total. The molecule has 2 rings (SSSR count). The second kappa shape index (κ2) is 5.38. The number of halogens is 4. The van der Waals surface area contributed by atoms with E-state index in [0.29, 0.717) is 0 Å². The molecule has 0 aliphatic heterocycles. The average Bonchev–Trinajstić information content (AvgIpc) is 2.39. The van der Waals surface area contributed by atoms with Crippen molar-refractivity contribution in [2.45, 2.75) is 6.04 Å². The van der Waals surface area contributed by atoms with Crippen molar-refractivity contribution in [3.05, 3.63) is 70.8 Å². The first-order valence-corrected chi connectivity index (χ1v) is 5.39. The molecule has 19 heavy (non-hydrogen) atoms. The molecule has 100 valence electrons. The van der Waals surface area contributed by atoms with Gasteiger partial charge < -0.3 is 0 Å². The maximum Gasteiger partial charge on any atom is 0.163 e. The molecule has 0 fully saturated rings. The quantitative estimate of drug-likeness (QED) is 0.511. The first-order chi connectivity index (χ1) is 9.04. The Morgan fingerprint density at radius 3 is 2.32 bits per heavy atom. The van der Waals surface area contributed by atoms with Crippen molar-refractivity contribution in [3.63, 3.8) is 0 Å². The normalized spacial score (nSPS) is 12.5. The van der Waals surface area contributed by atoms with Crippen LogP contribution in [0.2, 0.25) is 0 Å². The number of nitrogens with two attached hydrogens (primary N) is 1. The largest absolute Gasteiger partial charge is 0.271 e. The third-order valence-corrected chi connectivity index (χ3v) is 2.73. The second-order valence-corrected chi connectivity index (χ2v) is 3.91. The van der Waals surface area contributed by atoms with E-state index in [-0.39, 0.29) is 11.1 Å². The summed E-state index contributed by atoms with van der Waals surface area (Å²) in [6.07, 6.45) is 0. The van der Waals surface area contributed by atoms with Crippen LogP contribution in [0.5, 0.6) is 0 Å². The summed E-state index contributed by atoms with van der Waals surface area (Å²) in [5.41, 5.74) is 1.75. The van der Waals surface area contributed by atoms with Gasteiger partial charge in [-0.05, 0) is 24.3 Å². The Balaban J connectivity index is 2.56. The lowest BCUT2D eigenvalue weighted by Crippen LogP contribution is -2.30. The Morgan fingerprint density at radius 1 is 0.895 bits per heavy atom. The fourth-order valence-corrected chi connectivity index (χ4v) is 1.83. The molecule has 2 aromatic carbocycles. The van der Waals surface area contributed by atoms with Gasteiger partial charge in [0.05, 0.1) is 6.04 Å². The summed E-state index contributed by atoms with van der Waals surface area (Å²) in [6, 6.07) is 4.94. The Morgan fingerprint density at radius 2 is 1.63 bits per heavy atom. The lowest BCUT2D eigenvalue weighted by Gasteiger charge is -2.18. The van der Waals surface area contributed by atoms with Crippen LogP contribution in [0.1, 0.15) is 17.2 Å². The van der Waals surface area contributed by atoms with Gasteiger partial charge in [-0.1, -0.05) is 12.1 Å². The lowest BCUT2D eigenvalue weighted by molar-refractivity contribution is 0.475. The Hall–Kier alpha value is -1.92. The Labute approximate surface area is 106 Å². The van der Waals surface area contributed by atoms with Crippen LogP contribution in [0, 0.1) is 23.3 Å². The van der Waals surface area contributed by atoms with Gasteiger partial charge in [-0.2, -0.15) is 0 Å². The monoisotopic (exact) mass is 270 g/mol. The summed E-state index contributed by atoms with van der Waals surface area (Å²) < 4.78 is 53.6. The summed E-state index contributed by atoms with van der Waals surface area (Å²) in [5, 5.41) is 0. The summed E-state index contributed by atoms with van der Waals surface area (Å²) in [7, 11) is 0. The molecule has 0 aromatic heterocycles. The molecular weight excluding hydrogens is 260 g/mol. The van der Waals surface area contributed by atoms with E-state index in [0.717, 1.165) is 24.3 Å². The van der Waals surface area contributed by atoms with Crippen molar-refractivity contribution in [3.8, 4) is 0 Å². The van der Waals surface area contributed by atoms with Crippen LogP contribution in [0.4, 0.5) is 17.6 Å². The van der Waals surface area contributed by atoms with E-state index in [4.69, 9.17) is 5.84 Å². The molecule has 1 atom stereocenters. The number of benzene rings is 2. The van der Waals surface area contributed by atoms with Gasteiger partial charge in [-0.25, -0.2) is 23.0 Å². The molecule has 0 aliphatic rings. The molecule has 2 nitrogen and oxygen atoms in total. The van der Waals surface area contributed by atoms with Crippen molar-refractivity contribution in [1.82, 2.24) is 5.43 Å². The predicted octanol–water partition coefficient (Wildman–Crippen LogP) is 2.80. The molecule has 1 unspecified atom stereocenters. The van der Waals surface area contributed by atoms with Gasteiger partial charge in [-0.3, -0.25) is 5.84 Å². The van der Waals surface area contributed by atoms with E-state index in [2.05, 4.69) is 5.43 Å². The van der Waals surface area contributed by atoms with Crippen molar-refractivity contribution in [2.75, 3.05) is 0 Å². The van der Waals surface area contributed by atoms with Crippen LogP contribution >= 0.6 is 0 Å². The van der Waals surface area contributed by atoms with Crippen molar-refractivity contribution >= 4 is 0 Å². The third kappa shape index (κ3) is 2.59. The van der Waals surface area contributed by atoms with Crippen LogP contribution in [-0.2, 0) is 0 Å². The van der Waals surface area contributed by atoms with E-state index in [1.807, 2.05) is 0 Å². The van der Waals surface area contributed by atoms with E-state index < -0.39 is 29.3 Å². The zero-order valence-corrected chi connectivity index (χ0v) is 9.63. The number of nitrogens with one attached hydrogen (secondary N) is 1. The highest BCUT2D eigenvalue weighted by molar-refractivity contribution is 5.34. The Kier molecular flexibility index (Phi) is 3.82. The topological polar surface area (TPSA) is 38.0 Å². The van der Waals surface area contributed by atoms with E-state index >= 15 is 0 Å². The van der Waals surface area contributed by atoms with Gasteiger partial charge in [0.15, 0.2) is 11.6 Å². The van der Waals surface area contributed by atoms with Gasteiger partial charge in [0.2, 0.25) is 0 Å². The molecule has 0 bridgehead atoms. The SMILES string of the molecule is NNC(c1cc(F)ccc1F)c1cccc(F)c1F. The Bertz CT molecular complexity index is 599. The molecule has 0 radical (unpaired) electrons. The average molecular weight is 270 g/mol. The second-order valence-electron chi connectivity index (χ2n) is 3.91. The lowest BCUT2D eigenvalue weighted by atomic mass is 9.98. The highest BCUT2D eigenvalue weighted by Gasteiger charge is 2.22. The maximum atomic E-state index is 13.7. The van der Waals surface area contributed by atoms with Gasteiger partial charge in [0.1, 0.15) is 11.6 Å². The van der Waals surface area contributed by atoms with Crippen molar-refractivity contribution in [2.24, 2.45) is 5.84 Å². The fourth-order valence-electron chi connectivity index (χ4n) is 1.83. The van der Waals surface area contributed by atoms with Crippen LogP contribution in [-0.4, -0.2) is 0 Å². The molecule has 6 heteroatoms. The minimum Gasteiger partial charge on any atom is -0.271 e. The third-order valence-electron chi connectivity index (χ3n) is 2.73. The van der Waals surface area contributed by atoms with Crippen LogP contribution in [0.3, 0.4) is 0 Å². The highest BCUT2D eigenvalue weighted by atomic mass is 19.2. The van der Waals surface area contributed by atoms with Crippen molar-refractivity contribution in [1.29, 1.82) is 0 Å². The van der Waals surface area contributed by atoms with Gasteiger partial charge in [0.25, 0.3) is 0 Å². The van der Waals surface area contributed by atoms with Gasteiger partial charge in [0, 0.05) is 11.1 Å². The molecule has 0 aliphatic carbocycles. The molecule has 0 amide bonds. The van der Waals surface area contributed by atoms with Crippen LogP contribution in [0.25, 0.3) is 0 Å². The van der Waals surface area contributed by atoms with Crippen LogP contribution < -0.4 is 11.3 Å². The molecular formula is C13H10F4N2. The first-order valence-electron chi connectivity index (χ1n) is 5.39. The fraction of sp³-hybridized carbons (Fsp3) is 0.0769. The maximum absolute atomic E-state index is 13.7. The molecule has 2 aromatic rings. The molecule has 0 saturated heterocycles. The smallest absolute Gasteiger partial charge is 0.163 e. The highest BCUT2D eigenvalue weighted by Crippen LogP contribution is 2.27. The van der Waals surface area contributed by atoms with Crippen molar-refractivity contribution < 1.29 is 17.6 Å². The number of hydrazine groups is 1. The van der Waals surface area contributed by atoms with E-state index in [9.17, 15) is 17.6 Å². The van der Waals surface area contributed by atoms with E-state index in [1.165, 1.54) is 12.1 Å². The number of rotatable bonds is 3. The van der Waals surface area contributed by atoms with E-state index in [1.54, 1.807) is 0 Å². The summed E-state index contributed by atoms with van der Waals surface area (Å²) in [6.45, 7) is 0. The van der Waals surface area contributed by atoms with Crippen LogP contribution in [0.15, 0.2) is 36.4 Å². The summed E-state index contributed by atoms with van der Waals surface area (Å²) >= 11 is 0. The summed E-state index contributed by atoms with van der Waals surface area (Å²) in [5.74, 6) is 1.53. The molecule has 0 saturated carbocycles. The number of hydrogen-bond acceptors (Lipinski definition) is 2. The van der Waals surface area contributed by atoms with Gasteiger partial charge >= 0.3 is 0 Å². The minimum absolute atomic E-state index is 0.202. The predicted molar refractivity (Wildman–Crippen MR) is 61.9 cm³/mol. The standard InChI is InChI=1S/C13H10F4N2/c14-7-4-5-10(15)9(6-7)13(19-18)8-2-1-3-11(16)12(8)17/h1-6,13,19H,18H2. The van der Waals surface area contributed by atoms with Gasteiger partial charge in [-0.15, -0.1) is 0 Å². The number of hydrogen-bond donors (Lipinski definition) is 2. The molecule has 0 heterocycles. The zero-order valence-electron chi connectivity index (χ0n) is 9.63. The minimum atomic E-state index is -1.19. The summed E-state index contributed by atoms with van der Waals surface area (Å²) in [4.78, 5) is 0. The zero-order chi connectivity index (χ0) is 14.0. The molecule has 0 spiro atoms.